The number of nitrogens with zero attached hydrogens (tertiary/aromatic N) is 1. The van der Waals surface area contributed by atoms with E-state index in [1.54, 1.807) is 6.20 Å². The molecule has 16 heavy (non-hydrogen) atoms. The Hall–Kier alpha value is -1.67. The Bertz CT molecular complexity index is 448. The minimum atomic E-state index is -0.588. The van der Waals surface area contributed by atoms with Crippen molar-refractivity contribution in [3.63, 3.8) is 0 Å². The number of aromatic nitrogens is 1. The van der Waals surface area contributed by atoms with Crippen molar-refractivity contribution in [3.05, 3.63) is 65.0 Å². The normalized spacial score (nSPS) is 12.4. The largest absolute Gasteiger partial charge is 0.384 e. The summed E-state index contributed by atoms with van der Waals surface area (Å²) >= 11 is 0. The fraction of sp³-hybridized carbons (Fsp3) is 0.214. The molecule has 0 aliphatic rings. The molecule has 82 valence electrons. The Morgan fingerprint density at radius 3 is 2.38 bits per heavy atom. The van der Waals surface area contributed by atoms with Gasteiger partial charge in [0.2, 0.25) is 0 Å². The van der Waals surface area contributed by atoms with E-state index in [-0.39, 0.29) is 0 Å². The van der Waals surface area contributed by atoms with Crippen molar-refractivity contribution >= 4 is 0 Å². The smallest absolute Gasteiger partial charge is 0.106 e. The molecule has 2 aromatic rings. The highest BCUT2D eigenvalue weighted by Gasteiger charge is 2.14. The third-order valence-corrected chi connectivity index (χ3v) is 2.83. The zero-order chi connectivity index (χ0) is 11.5. The average molecular weight is 213 g/mol. The fourth-order valence-electron chi connectivity index (χ4n) is 1.85. The number of pyridine rings is 1. The monoisotopic (exact) mass is 213 g/mol. The van der Waals surface area contributed by atoms with E-state index in [9.17, 15) is 5.11 Å². The van der Waals surface area contributed by atoms with Crippen LogP contribution in [0.15, 0.2) is 42.6 Å². The number of hydrogen-bond donors (Lipinski definition) is 1. The molecule has 1 aromatic heterocycles. The van der Waals surface area contributed by atoms with E-state index in [4.69, 9.17) is 0 Å². The van der Waals surface area contributed by atoms with Gasteiger partial charge in [0.25, 0.3) is 0 Å². The predicted octanol–water partition coefficient (Wildman–Crippen LogP) is 2.78. The highest BCUT2D eigenvalue weighted by molar-refractivity contribution is 5.36. The minimum Gasteiger partial charge on any atom is -0.384 e. The Labute approximate surface area is 95.6 Å². The first-order valence-electron chi connectivity index (χ1n) is 5.35. The van der Waals surface area contributed by atoms with Gasteiger partial charge in [0.05, 0.1) is 0 Å². The average Bonchev–Trinajstić information content (AvgIpc) is 2.29. The van der Waals surface area contributed by atoms with Crippen LogP contribution in [0.25, 0.3) is 0 Å². The van der Waals surface area contributed by atoms with Crippen molar-refractivity contribution in [1.29, 1.82) is 0 Å². The molecular formula is C14H15NO. The lowest BCUT2D eigenvalue weighted by Crippen LogP contribution is -2.04. The fourth-order valence-corrected chi connectivity index (χ4v) is 1.85. The number of aryl methyl sites for hydroxylation is 2. The van der Waals surface area contributed by atoms with E-state index >= 15 is 0 Å². The van der Waals surface area contributed by atoms with Gasteiger partial charge in [-0.15, -0.1) is 0 Å². The number of aliphatic hydroxyl groups is 1. The molecule has 0 spiro atoms. The molecular weight excluding hydrogens is 198 g/mol. The van der Waals surface area contributed by atoms with E-state index in [0.717, 1.165) is 22.4 Å². The van der Waals surface area contributed by atoms with Crippen LogP contribution >= 0.6 is 0 Å². The maximum atomic E-state index is 10.3. The van der Waals surface area contributed by atoms with E-state index in [1.807, 2.05) is 50.2 Å². The van der Waals surface area contributed by atoms with Crippen LogP contribution in [0.3, 0.4) is 0 Å². The highest BCUT2D eigenvalue weighted by Crippen LogP contribution is 2.25. The van der Waals surface area contributed by atoms with Crippen molar-refractivity contribution in [2.24, 2.45) is 0 Å². The molecule has 1 atom stereocenters. The summed E-state index contributed by atoms with van der Waals surface area (Å²) in [4.78, 5) is 4.20. The van der Waals surface area contributed by atoms with Crippen LogP contribution in [0, 0.1) is 13.8 Å². The molecule has 0 saturated carbocycles. The van der Waals surface area contributed by atoms with Crippen LogP contribution in [-0.2, 0) is 0 Å². The van der Waals surface area contributed by atoms with Gasteiger partial charge in [0.1, 0.15) is 6.10 Å². The molecule has 2 rings (SSSR count). The number of aliphatic hydroxyl groups excluding tert-OH is 1. The molecule has 2 heteroatoms. The first-order valence-corrected chi connectivity index (χ1v) is 5.35. The van der Waals surface area contributed by atoms with E-state index < -0.39 is 6.10 Å². The quantitative estimate of drug-likeness (QED) is 0.832. The van der Waals surface area contributed by atoms with Crippen molar-refractivity contribution in [2.45, 2.75) is 20.0 Å². The SMILES string of the molecule is Cc1ccccc1C(O)c1cccnc1C. The van der Waals surface area contributed by atoms with E-state index in [2.05, 4.69) is 4.98 Å². The molecule has 0 saturated heterocycles. The van der Waals surface area contributed by atoms with Gasteiger partial charge in [-0.2, -0.15) is 0 Å². The lowest BCUT2D eigenvalue weighted by Gasteiger charge is -2.15. The van der Waals surface area contributed by atoms with Crippen molar-refractivity contribution in [1.82, 2.24) is 4.98 Å². The van der Waals surface area contributed by atoms with Crippen LogP contribution in [0.4, 0.5) is 0 Å². The van der Waals surface area contributed by atoms with Gasteiger partial charge < -0.3 is 5.11 Å². The van der Waals surface area contributed by atoms with Gasteiger partial charge in [-0.25, -0.2) is 0 Å². The van der Waals surface area contributed by atoms with Crippen LogP contribution < -0.4 is 0 Å². The summed E-state index contributed by atoms with van der Waals surface area (Å²) in [7, 11) is 0. The van der Waals surface area contributed by atoms with Gasteiger partial charge in [-0.3, -0.25) is 4.98 Å². The molecule has 1 heterocycles. The molecule has 0 bridgehead atoms. The molecule has 2 nitrogen and oxygen atoms in total. The number of hydrogen-bond acceptors (Lipinski definition) is 2. The topological polar surface area (TPSA) is 33.1 Å². The zero-order valence-corrected chi connectivity index (χ0v) is 9.51. The Morgan fingerprint density at radius 2 is 1.69 bits per heavy atom. The second-order valence-corrected chi connectivity index (χ2v) is 3.94. The standard InChI is InChI=1S/C14H15NO/c1-10-6-3-4-7-12(10)14(16)13-8-5-9-15-11(13)2/h3-9,14,16H,1-2H3. The van der Waals surface area contributed by atoms with Crippen LogP contribution in [0.1, 0.15) is 28.5 Å². The Kier molecular flexibility index (Phi) is 3.02. The molecule has 0 radical (unpaired) electrons. The third-order valence-electron chi connectivity index (χ3n) is 2.83. The summed E-state index contributed by atoms with van der Waals surface area (Å²) in [5.41, 5.74) is 3.78. The maximum absolute atomic E-state index is 10.3. The molecule has 0 aliphatic heterocycles. The molecule has 1 unspecified atom stereocenters. The van der Waals surface area contributed by atoms with Gasteiger partial charge in [0, 0.05) is 17.5 Å². The zero-order valence-electron chi connectivity index (χ0n) is 9.51. The summed E-state index contributed by atoms with van der Waals surface area (Å²) in [5, 5.41) is 10.3. The van der Waals surface area contributed by atoms with Gasteiger partial charge in [-0.1, -0.05) is 30.3 Å². The summed E-state index contributed by atoms with van der Waals surface area (Å²) in [5.74, 6) is 0. The third kappa shape index (κ3) is 1.97. The lowest BCUT2D eigenvalue weighted by atomic mass is 9.97. The lowest BCUT2D eigenvalue weighted by molar-refractivity contribution is 0.218. The Morgan fingerprint density at radius 1 is 1.00 bits per heavy atom. The van der Waals surface area contributed by atoms with Crippen molar-refractivity contribution in [2.75, 3.05) is 0 Å². The number of benzene rings is 1. The Balaban J connectivity index is 2.44. The second kappa shape index (κ2) is 4.45. The highest BCUT2D eigenvalue weighted by atomic mass is 16.3. The van der Waals surface area contributed by atoms with Crippen LogP contribution in [0.5, 0.6) is 0 Å². The number of rotatable bonds is 2. The van der Waals surface area contributed by atoms with E-state index in [0.29, 0.717) is 0 Å². The minimum absolute atomic E-state index is 0.588. The van der Waals surface area contributed by atoms with Gasteiger partial charge in [0.15, 0.2) is 0 Å². The maximum Gasteiger partial charge on any atom is 0.106 e. The predicted molar refractivity (Wildman–Crippen MR) is 64.2 cm³/mol. The van der Waals surface area contributed by atoms with Gasteiger partial charge in [-0.05, 0) is 31.0 Å². The summed E-state index contributed by atoms with van der Waals surface area (Å²) in [6.45, 7) is 3.92. The van der Waals surface area contributed by atoms with E-state index in [1.165, 1.54) is 0 Å². The van der Waals surface area contributed by atoms with Crippen LogP contribution in [-0.4, -0.2) is 10.1 Å². The molecule has 1 N–H and O–H groups in total. The first kappa shape index (κ1) is 10.8. The van der Waals surface area contributed by atoms with Crippen molar-refractivity contribution in [3.8, 4) is 0 Å². The first-order chi connectivity index (χ1) is 7.70. The van der Waals surface area contributed by atoms with Crippen LogP contribution in [0.2, 0.25) is 0 Å². The summed E-state index contributed by atoms with van der Waals surface area (Å²) in [6.07, 6.45) is 1.15. The summed E-state index contributed by atoms with van der Waals surface area (Å²) in [6, 6.07) is 11.6. The van der Waals surface area contributed by atoms with Crippen molar-refractivity contribution < 1.29 is 5.11 Å². The molecule has 0 fully saturated rings. The molecule has 1 aromatic carbocycles. The van der Waals surface area contributed by atoms with Gasteiger partial charge >= 0.3 is 0 Å². The molecule has 0 amide bonds. The molecule has 0 aliphatic carbocycles. The second-order valence-electron chi connectivity index (χ2n) is 3.94. The summed E-state index contributed by atoms with van der Waals surface area (Å²) < 4.78 is 0.